The first-order valence-corrected chi connectivity index (χ1v) is 12.7. The molecular weight excluding hydrogens is 440 g/mol. The van der Waals surface area contributed by atoms with Gasteiger partial charge in [0.2, 0.25) is 0 Å². The molecule has 3 aromatic rings. The maximum atomic E-state index is 13.1. The summed E-state index contributed by atoms with van der Waals surface area (Å²) >= 11 is 5.92. The van der Waals surface area contributed by atoms with Crippen LogP contribution in [0.1, 0.15) is 55.0 Å². The van der Waals surface area contributed by atoms with Gasteiger partial charge in [-0.05, 0) is 87.1 Å². The fourth-order valence-corrected chi connectivity index (χ4v) is 5.30. The SMILES string of the molecule is CCN1CCCC1CN(Cc1cc2ccc(C)c(C)c2[nH]c1=O)C(=S)NC(C)c1ccccc1. The lowest BCUT2D eigenvalue weighted by atomic mass is 10.0. The third kappa shape index (κ3) is 5.34. The van der Waals surface area contributed by atoms with Gasteiger partial charge in [-0.25, -0.2) is 0 Å². The Morgan fingerprint density at radius 2 is 2.00 bits per heavy atom. The number of nitrogens with zero attached hydrogens (tertiary/aromatic N) is 2. The van der Waals surface area contributed by atoms with Crippen molar-refractivity contribution in [3.8, 4) is 0 Å². The molecule has 5 nitrogen and oxygen atoms in total. The quantitative estimate of drug-likeness (QED) is 0.467. The molecule has 34 heavy (non-hydrogen) atoms. The van der Waals surface area contributed by atoms with Crippen LogP contribution in [0.15, 0.2) is 53.3 Å². The molecule has 0 radical (unpaired) electrons. The average Bonchev–Trinajstić information content (AvgIpc) is 3.29. The molecule has 1 aromatic heterocycles. The Labute approximate surface area is 208 Å². The predicted octanol–water partition coefficient (Wildman–Crippen LogP) is 5.07. The van der Waals surface area contributed by atoms with E-state index >= 15 is 0 Å². The highest BCUT2D eigenvalue weighted by Gasteiger charge is 2.27. The van der Waals surface area contributed by atoms with Crippen molar-refractivity contribution >= 4 is 28.2 Å². The number of likely N-dealkylation sites (tertiary alicyclic amines) is 1. The molecular formula is C28H36N4OS. The van der Waals surface area contributed by atoms with Gasteiger partial charge >= 0.3 is 0 Å². The van der Waals surface area contributed by atoms with Crippen molar-refractivity contribution in [2.45, 2.75) is 59.2 Å². The molecule has 4 rings (SSSR count). The Bertz CT molecular complexity index is 1210. The minimum atomic E-state index is -0.0381. The third-order valence-electron chi connectivity index (χ3n) is 7.25. The number of likely N-dealkylation sites (N-methyl/N-ethyl adjacent to an activating group) is 1. The van der Waals surface area contributed by atoms with Gasteiger partial charge in [-0.2, -0.15) is 0 Å². The zero-order valence-electron chi connectivity index (χ0n) is 20.7. The number of rotatable bonds is 7. The van der Waals surface area contributed by atoms with Crippen LogP contribution in [-0.4, -0.2) is 45.6 Å². The molecule has 2 N–H and O–H groups in total. The van der Waals surface area contributed by atoms with E-state index in [2.05, 4.69) is 72.1 Å². The van der Waals surface area contributed by atoms with Gasteiger partial charge in [0.1, 0.15) is 0 Å². The molecule has 2 atom stereocenters. The maximum Gasteiger partial charge on any atom is 0.253 e. The molecule has 1 aliphatic rings. The smallest absolute Gasteiger partial charge is 0.253 e. The summed E-state index contributed by atoms with van der Waals surface area (Å²) in [6.07, 6.45) is 2.37. The normalized spacial score (nSPS) is 17.1. The van der Waals surface area contributed by atoms with Crippen molar-refractivity contribution in [2.75, 3.05) is 19.6 Å². The van der Waals surface area contributed by atoms with E-state index in [1.807, 2.05) is 24.3 Å². The van der Waals surface area contributed by atoms with E-state index in [4.69, 9.17) is 12.2 Å². The topological polar surface area (TPSA) is 51.4 Å². The van der Waals surface area contributed by atoms with Gasteiger partial charge in [-0.3, -0.25) is 9.69 Å². The van der Waals surface area contributed by atoms with Gasteiger partial charge in [-0.15, -0.1) is 0 Å². The van der Waals surface area contributed by atoms with Gasteiger partial charge in [0.05, 0.1) is 18.1 Å². The average molecular weight is 477 g/mol. The summed E-state index contributed by atoms with van der Waals surface area (Å²) in [7, 11) is 0. The highest BCUT2D eigenvalue weighted by molar-refractivity contribution is 7.80. The third-order valence-corrected chi connectivity index (χ3v) is 7.63. The molecule has 0 bridgehead atoms. The van der Waals surface area contributed by atoms with Crippen LogP contribution >= 0.6 is 12.2 Å². The second kappa shape index (κ2) is 10.7. The number of thiocarbonyl (C=S) groups is 1. The Morgan fingerprint density at radius 3 is 2.74 bits per heavy atom. The Morgan fingerprint density at radius 1 is 1.24 bits per heavy atom. The lowest BCUT2D eigenvalue weighted by Gasteiger charge is -2.33. The largest absolute Gasteiger partial charge is 0.356 e. The van der Waals surface area contributed by atoms with Crippen LogP contribution in [-0.2, 0) is 6.54 Å². The van der Waals surface area contributed by atoms with E-state index < -0.39 is 0 Å². The Balaban J connectivity index is 1.61. The molecule has 0 aliphatic carbocycles. The first kappa shape index (κ1) is 24.4. The van der Waals surface area contributed by atoms with E-state index in [-0.39, 0.29) is 11.6 Å². The van der Waals surface area contributed by atoms with Gasteiger partial charge in [-0.1, -0.05) is 49.4 Å². The molecule has 0 saturated carbocycles. The fourth-order valence-electron chi connectivity index (χ4n) is 4.99. The van der Waals surface area contributed by atoms with E-state index in [1.54, 1.807) is 0 Å². The molecule has 2 unspecified atom stereocenters. The van der Waals surface area contributed by atoms with Crippen LogP contribution < -0.4 is 10.9 Å². The predicted molar refractivity (Wildman–Crippen MR) is 145 cm³/mol. The molecule has 0 spiro atoms. The summed E-state index contributed by atoms with van der Waals surface area (Å²) in [4.78, 5) is 20.9. The molecule has 6 heteroatoms. The number of pyridine rings is 1. The summed E-state index contributed by atoms with van der Waals surface area (Å²) in [5.41, 5.74) is 5.12. The number of hydrogen-bond acceptors (Lipinski definition) is 3. The van der Waals surface area contributed by atoms with Crippen LogP contribution in [0.3, 0.4) is 0 Å². The molecule has 1 saturated heterocycles. The maximum absolute atomic E-state index is 13.1. The summed E-state index contributed by atoms with van der Waals surface area (Å²) in [5.74, 6) is 0. The van der Waals surface area contributed by atoms with Crippen molar-refractivity contribution in [1.29, 1.82) is 0 Å². The second-order valence-electron chi connectivity index (χ2n) is 9.48. The van der Waals surface area contributed by atoms with Gasteiger partial charge < -0.3 is 15.2 Å². The van der Waals surface area contributed by atoms with Gasteiger partial charge in [0, 0.05) is 18.2 Å². The highest BCUT2D eigenvalue weighted by Crippen LogP contribution is 2.22. The van der Waals surface area contributed by atoms with Crippen LogP contribution in [0.25, 0.3) is 10.9 Å². The first-order chi connectivity index (χ1) is 16.4. The van der Waals surface area contributed by atoms with Crippen LogP contribution in [0.5, 0.6) is 0 Å². The fraction of sp³-hybridized carbons (Fsp3) is 0.429. The monoisotopic (exact) mass is 476 g/mol. The Kier molecular flexibility index (Phi) is 7.69. The number of aromatic nitrogens is 1. The summed E-state index contributed by atoms with van der Waals surface area (Å²) in [6, 6.07) is 17.1. The molecule has 180 valence electrons. The van der Waals surface area contributed by atoms with Crippen molar-refractivity contribution in [3.63, 3.8) is 0 Å². The van der Waals surface area contributed by atoms with Gasteiger partial charge in [0.15, 0.2) is 5.11 Å². The zero-order valence-corrected chi connectivity index (χ0v) is 21.5. The number of hydrogen-bond donors (Lipinski definition) is 2. The number of nitrogens with one attached hydrogen (secondary N) is 2. The highest BCUT2D eigenvalue weighted by atomic mass is 32.1. The van der Waals surface area contributed by atoms with E-state index in [9.17, 15) is 4.79 Å². The summed E-state index contributed by atoms with van der Waals surface area (Å²) in [5, 5.41) is 5.28. The minimum absolute atomic E-state index is 0.0381. The molecule has 0 amide bonds. The van der Waals surface area contributed by atoms with Crippen LogP contribution in [0.4, 0.5) is 0 Å². The van der Waals surface area contributed by atoms with Crippen LogP contribution in [0.2, 0.25) is 0 Å². The number of H-pyrrole nitrogens is 1. The van der Waals surface area contributed by atoms with Crippen molar-refractivity contribution in [1.82, 2.24) is 20.1 Å². The number of fused-ring (bicyclic) bond motifs is 1. The van der Waals surface area contributed by atoms with E-state index in [0.717, 1.165) is 48.1 Å². The summed E-state index contributed by atoms with van der Waals surface area (Å²) < 4.78 is 0. The number of benzene rings is 2. The van der Waals surface area contributed by atoms with Crippen molar-refractivity contribution in [3.05, 3.63) is 81.1 Å². The second-order valence-corrected chi connectivity index (χ2v) is 9.87. The van der Waals surface area contributed by atoms with E-state index in [1.165, 1.54) is 17.5 Å². The lowest BCUT2D eigenvalue weighted by molar-refractivity contribution is 0.218. The first-order valence-electron chi connectivity index (χ1n) is 12.3. The van der Waals surface area contributed by atoms with Gasteiger partial charge in [0.25, 0.3) is 5.56 Å². The molecule has 1 fully saturated rings. The number of aryl methyl sites for hydroxylation is 2. The van der Waals surface area contributed by atoms with Crippen LogP contribution in [0, 0.1) is 13.8 Å². The minimum Gasteiger partial charge on any atom is -0.356 e. The Hall–Kier alpha value is -2.70. The number of aromatic amines is 1. The lowest BCUT2D eigenvalue weighted by Crippen LogP contribution is -2.47. The standard InChI is InChI=1S/C28H36N4OS/c1-5-31-15-9-12-25(31)18-32(28(34)29-21(4)22-10-7-6-8-11-22)17-24-16-23-14-13-19(2)20(3)26(23)30-27(24)33/h6-8,10-11,13-14,16,21,25H,5,9,12,15,17-18H2,1-4H3,(H,29,34)(H,30,33). The molecule has 1 aliphatic heterocycles. The molecule has 2 heterocycles. The van der Waals surface area contributed by atoms with E-state index in [0.29, 0.717) is 17.7 Å². The van der Waals surface area contributed by atoms with Crippen molar-refractivity contribution < 1.29 is 0 Å². The molecule has 2 aromatic carbocycles. The van der Waals surface area contributed by atoms with Crippen molar-refractivity contribution in [2.24, 2.45) is 0 Å². The summed E-state index contributed by atoms with van der Waals surface area (Å²) in [6.45, 7) is 11.9. The zero-order chi connectivity index (χ0) is 24.2.